The van der Waals surface area contributed by atoms with E-state index >= 15 is 0 Å². The highest BCUT2D eigenvalue weighted by molar-refractivity contribution is 7.92. The third-order valence-electron chi connectivity index (χ3n) is 4.66. The number of fused-ring (bicyclic) bond motifs is 1. The van der Waals surface area contributed by atoms with Crippen molar-refractivity contribution in [3.8, 4) is 0 Å². The summed E-state index contributed by atoms with van der Waals surface area (Å²) in [7, 11) is -4.21. The van der Waals surface area contributed by atoms with E-state index in [-0.39, 0.29) is 15.5 Å². The zero-order chi connectivity index (χ0) is 23.1. The van der Waals surface area contributed by atoms with Gasteiger partial charge in [0.05, 0.1) is 32.2 Å². The molecule has 32 heavy (non-hydrogen) atoms. The van der Waals surface area contributed by atoms with Gasteiger partial charge in [-0.2, -0.15) is 13.2 Å². The van der Waals surface area contributed by atoms with Crippen molar-refractivity contribution in [3.05, 3.63) is 92.5 Å². The molecule has 0 saturated heterocycles. The van der Waals surface area contributed by atoms with Crippen LogP contribution >= 0.6 is 22.9 Å². The third-order valence-corrected chi connectivity index (χ3v) is 7.31. The van der Waals surface area contributed by atoms with Crippen LogP contribution < -0.4 is 9.60 Å². The standard InChI is InChI=1S/C21H14ClF3N2O3S2/c22-17-8-6-14(10-16(17)21(23,24)25)26-32(29,30)15-7-9-18-19(11-15)31-20(28)27(18)12-13-4-2-1-3-5-13/h1-11,26H,12H2. The lowest BCUT2D eigenvalue weighted by Gasteiger charge is -2.13. The Labute approximate surface area is 189 Å². The van der Waals surface area contributed by atoms with Gasteiger partial charge in [0.2, 0.25) is 0 Å². The van der Waals surface area contributed by atoms with Crippen LogP contribution in [0.5, 0.6) is 0 Å². The number of nitrogens with one attached hydrogen (secondary N) is 1. The molecule has 0 fully saturated rings. The molecular formula is C21H14ClF3N2O3S2. The van der Waals surface area contributed by atoms with Crippen molar-refractivity contribution in [2.75, 3.05) is 4.72 Å². The van der Waals surface area contributed by atoms with Gasteiger partial charge < -0.3 is 0 Å². The first-order valence-corrected chi connectivity index (χ1v) is 11.8. The minimum atomic E-state index is -4.73. The van der Waals surface area contributed by atoms with Gasteiger partial charge in [-0.05, 0) is 42.0 Å². The summed E-state index contributed by atoms with van der Waals surface area (Å²) >= 11 is 6.47. The van der Waals surface area contributed by atoms with Gasteiger partial charge in [0.15, 0.2) is 0 Å². The third kappa shape index (κ3) is 4.52. The van der Waals surface area contributed by atoms with Crippen molar-refractivity contribution < 1.29 is 21.6 Å². The molecule has 11 heteroatoms. The molecule has 0 aliphatic heterocycles. The van der Waals surface area contributed by atoms with E-state index in [1.165, 1.54) is 22.8 Å². The average molecular weight is 499 g/mol. The Morgan fingerprint density at radius 2 is 1.72 bits per heavy atom. The molecule has 1 N–H and O–H groups in total. The summed E-state index contributed by atoms with van der Waals surface area (Å²) in [6.07, 6.45) is -4.73. The second kappa shape index (κ2) is 8.27. The first-order valence-electron chi connectivity index (χ1n) is 9.11. The van der Waals surface area contributed by atoms with Crippen molar-refractivity contribution >= 4 is 48.9 Å². The van der Waals surface area contributed by atoms with E-state index in [4.69, 9.17) is 11.6 Å². The van der Waals surface area contributed by atoms with E-state index in [1.54, 1.807) is 0 Å². The molecule has 0 unspecified atom stereocenters. The van der Waals surface area contributed by atoms with E-state index in [0.717, 1.165) is 29.0 Å². The SMILES string of the molecule is O=c1sc2cc(S(=O)(=O)Nc3ccc(Cl)c(C(F)(F)F)c3)ccc2n1Cc1ccccc1. The van der Waals surface area contributed by atoms with Crippen molar-refractivity contribution in [2.45, 2.75) is 17.6 Å². The van der Waals surface area contributed by atoms with Crippen LogP contribution in [0.25, 0.3) is 10.2 Å². The molecule has 1 aromatic heterocycles. The maximum atomic E-state index is 13.1. The van der Waals surface area contributed by atoms with Crippen LogP contribution in [0.2, 0.25) is 5.02 Å². The van der Waals surface area contributed by atoms with Crippen LogP contribution in [0, 0.1) is 0 Å². The lowest BCUT2D eigenvalue weighted by Crippen LogP contribution is -2.15. The lowest BCUT2D eigenvalue weighted by atomic mass is 10.2. The second-order valence-corrected chi connectivity index (χ2v) is 9.95. The maximum absolute atomic E-state index is 13.1. The Morgan fingerprint density at radius 3 is 2.41 bits per heavy atom. The topological polar surface area (TPSA) is 68.2 Å². The van der Waals surface area contributed by atoms with Crippen LogP contribution in [0.1, 0.15) is 11.1 Å². The number of sulfonamides is 1. The van der Waals surface area contributed by atoms with Crippen LogP contribution in [0.15, 0.2) is 76.4 Å². The summed E-state index contributed by atoms with van der Waals surface area (Å²) in [6.45, 7) is 0.328. The number of nitrogens with zero attached hydrogens (tertiary/aromatic N) is 1. The highest BCUT2D eigenvalue weighted by Crippen LogP contribution is 2.36. The molecule has 0 saturated carbocycles. The number of halogens is 4. The monoisotopic (exact) mass is 498 g/mol. The second-order valence-electron chi connectivity index (χ2n) is 6.87. The number of alkyl halides is 3. The lowest BCUT2D eigenvalue weighted by molar-refractivity contribution is -0.137. The summed E-state index contributed by atoms with van der Waals surface area (Å²) < 4.78 is 68.8. The van der Waals surface area contributed by atoms with Gasteiger partial charge in [-0.1, -0.05) is 53.3 Å². The predicted molar refractivity (Wildman–Crippen MR) is 119 cm³/mol. The number of anilines is 1. The number of thiazole rings is 1. The Hall–Kier alpha value is -2.82. The van der Waals surface area contributed by atoms with Crippen molar-refractivity contribution in [1.82, 2.24) is 4.57 Å². The average Bonchev–Trinajstić information content (AvgIpc) is 3.04. The summed E-state index contributed by atoms with van der Waals surface area (Å²) in [4.78, 5) is 12.0. The van der Waals surface area contributed by atoms with Crippen LogP contribution in [0.3, 0.4) is 0 Å². The van der Waals surface area contributed by atoms with E-state index in [0.29, 0.717) is 22.8 Å². The van der Waals surface area contributed by atoms with Crippen LogP contribution in [-0.2, 0) is 22.7 Å². The first kappa shape index (κ1) is 22.4. The van der Waals surface area contributed by atoms with Crippen molar-refractivity contribution in [2.24, 2.45) is 0 Å². The molecule has 5 nitrogen and oxygen atoms in total. The molecule has 0 radical (unpaired) electrons. The smallest absolute Gasteiger partial charge is 0.294 e. The van der Waals surface area contributed by atoms with E-state index < -0.39 is 26.8 Å². The van der Waals surface area contributed by atoms with Gasteiger partial charge in [-0.25, -0.2) is 8.42 Å². The summed E-state index contributed by atoms with van der Waals surface area (Å²) in [5.74, 6) is 0. The molecule has 1 heterocycles. The molecule has 0 aliphatic rings. The summed E-state index contributed by atoms with van der Waals surface area (Å²) in [5.41, 5.74) is 0.0483. The fourth-order valence-electron chi connectivity index (χ4n) is 3.15. The number of hydrogen-bond acceptors (Lipinski definition) is 4. The Morgan fingerprint density at radius 1 is 1.00 bits per heavy atom. The fourth-order valence-corrected chi connectivity index (χ4v) is 5.45. The Kier molecular flexibility index (Phi) is 5.78. The van der Waals surface area contributed by atoms with Gasteiger partial charge in [0, 0.05) is 5.69 Å². The molecule has 4 rings (SSSR count). The number of benzene rings is 3. The molecule has 0 spiro atoms. The molecule has 166 valence electrons. The summed E-state index contributed by atoms with van der Waals surface area (Å²) in [6, 6.07) is 16.2. The molecule has 0 aliphatic carbocycles. The molecule has 3 aromatic carbocycles. The maximum Gasteiger partial charge on any atom is 0.417 e. The fraction of sp³-hybridized carbons (Fsp3) is 0.0952. The van der Waals surface area contributed by atoms with Crippen LogP contribution in [0.4, 0.5) is 18.9 Å². The predicted octanol–water partition coefficient (Wildman–Crippen LogP) is 5.58. The minimum Gasteiger partial charge on any atom is -0.294 e. The molecule has 0 amide bonds. The normalized spacial score (nSPS) is 12.2. The van der Waals surface area contributed by atoms with Crippen LogP contribution in [-0.4, -0.2) is 13.0 Å². The van der Waals surface area contributed by atoms with E-state index in [9.17, 15) is 26.4 Å². The first-order chi connectivity index (χ1) is 15.0. The van der Waals surface area contributed by atoms with Crippen molar-refractivity contribution in [1.29, 1.82) is 0 Å². The van der Waals surface area contributed by atoms with Gasteiger partial charge in [0.1, 0.15) is 0 Å². The highest BCUT2D eigenvalue weighted by atomic mass is 35.5. The minimum absolute atomic E-state index is 0.179. The van der Waals surface area contributed by atoms with Gasteiger partial charge in [0.25, 0.3) is 10.0 Å². The molecular weight excluding hydrogens is 485 g/mol. The zero-order valence-electron chi connectivity index (χ0n) is 16.1. The molecule has 0 bridgehead atoms. The van der Waals surface area contributed by atoms with E-state index in [1.807, 2.05) is 30.3 Å². The number of hydrogen-bond donors (Lipinski definition) is 1. The Balaban J connectivity index is 1.67. The summed E-state index contributed by atoms with van der Waals surface area (Å²) in [5, 5.41) is -0.536. The number of aromatic nitrogens is 1. The van der Waals surface area contributed by atoms with Crippen molar-refractivity contribution in [3.63, 3.8) is 0 Å². The zero-order valence-corrected chi connectivity index (χ0v) is 18.4. The Bertz CT molecular complexity index is 1460. The van der Waals surface area contributed by atoms with Gasteiger partial charge in [-0.15, -0.1) is 0 Å². The van der Waals surface area contributed by atoms with Gasteiger partial charge in [-0.3, -0.25) is 14.1 Å². The van der Waals surface area contributed by atoms with Gasteiger partial charge >= 0.3 is 11.0 Å². The van der Waals surface area contributed by atoms with E-state index in [2.05, 4.69) is 4.72 Å². The molecule has 0 atom stereocenters. The quantitative estimate of drug-likeness (QED) is 0.390. The number of rotatable bonds is 5. The molecule has 4 aromatic rings. The highest BCUT2D eigenvalue weighted by Gasteiger charge is 2.33. The largest absolute Gasteiger partial charge is 0.417 e.